The van der Waals surface area contributed by atoms with Gasteiger partial charge in [0.1, 0.15) is 11.0 Å². The zero-order chi connectivity index (χ0) is 15.4. The highest BCUT2D eigenvalue weighted by Crippen LogP contribution is 2.24. The van der Waals surface area contributed by atoms with Crippen molar-refractivity contribution >= 4 is 28.2 Å². The fourth-order valence-electron chi connectivity index (χ4n) is 2.40. The molecule has 2 rings (SSSR count). The average Bonchev–Trinajstić information content (AvgIpc) is 2.82. The quantitative estimate of drug-likeness (QED) is 0.629. The minimum absolute atomic E-state index is 0.587. The Kier molecular flexibility index (Phi) is 5.31. The highest BCUT2D eigenvalue weighted by molar-refractivity contribution is 7.82. The van der Waals surface area contributed by atoms with Crippen LogP contribution in [0, 0.1) is 6.92 Å². The highest BCUT2D eigenvalue weighted by Gasteiger charge is 2.13. The van der Waals surface area contributed by atoms with Crippen LogP contribution in [-0.4, -0.2) is 33.4 Å². The Morgan fingerprint density at radius 3 is 2.76 bits per heavy atom. The predicted octanol–water partition coefficient (Wildman–Crippen LogP) is 3.43. The largest absolute Gasteiger partial charge is 0.352 e. The lowest BCUT2D eigenvalue weighted by Gasteiger charge is -2.15. The van der Waals surface area contributed by atoms with Crippen molar-refractivity contribution in [3.05, 3.63) is 29.5 Å². The molecule has 1 heterocycles. The van der Waals surface area contributed by atoms with Crippen LogP contribution in [0.3, 0.4) is 0 Å². The maximum atomic E-state index is 12.5. The maximum absolute atomic E-state index is 12.5. The Hall–Kier alpha value is -1.46. The molecule has 0 aliphatic heterocycles. The van der Waals surface area contributed by atoms with E-state index in [1.165, 1.54) is 0 Å². The summed E-state index contributed by atoms with van der Waals surface area (Å²) in [6.45, 7) is 4.88. The lowest BCUT2D eigenvalue weighted by molar-refractivity contribution is 0.111. The first-order chi connectivity index (χ1) is 10.1. The van der Waals surface area contributed by atoms with Gasteiger partial charge in [-0.25, -0.2) is 8.51 Å². The number of aldehydes is 1. The Bertz CT molecular complexity index is 664. The third kappa shape index (κ3) is 3.41. The van der Waals surface area contributed by atoms with E-state index in [9.17, 15) is 9.00 Å². The molecular weight excluding hydrogens is 284 g/mol. The number of aryl methyl sites for hydroxylation is 1. The molecule has 21 heavy (non-hydrogen) atoms. The first kappa shape index (κ1) is 15.9. The van der Waals surface area contributed by atoms with Gasteiger partial charge in [0.25, 0.3) is 0 Å². The van der Waals surface area contributed by atoms with E-state index in [2.05, 4.69) is 11.9 Å². The van der Waals surface area contributed by atoms with Crippen LogP contribution in [0.25, 0.3) is 10.9 Å². The first-order valence-corrected chi connectivity index (χ1v) is 8.39. The van der Waals surface area contributed by atoms with Gasteiger partial charge in [0, 0.05) is 24.5 Å². The van der Waals surface area contributed by atoms with Gasteiger partial charge in [0.2, 0.25) is 0 Å². The van der Waals surface area contributed by atoms with Gasteiger partial charge in [-0.1, -0.05) is 19.8 Å². The molecule has 1 atom stereocenters. The van der Waals surface area contributed by atoms with Crippen molar-refractivity contribution in [2.24, 2.45) is 0 Å². The van der Waals surface area contributed by atoms with E-state index in [0.717, 1.165) is 53.5 Å². The molecule has 0 aliphatic carbocycles. The van der Waals surface area contributed by atoms with E-state index in [1.807, 2.05) is 36.5 Å². The number of fused-ring (bicyclic) bond motifs is 1. The van der Waals surface area contributed by atoms with Crippen molar-refractivity contribution in [2.75, 3.05) is 13.6 Å². The Labute approximate surface area is 128 Å². The van der Waals surface area contributed by atoms with E-state index in [1.54, 1.807) is 0 Å². The fourth-order valence-corrected chi connectivity index (χ4v) is 3.46. The number of nitrogens with one attached hydrogen (secondary N) is 1. The molecule has 0 fully saturated rings. The summed E-state index contributed by atoms with van der Waals surface area (Å²) in [6.07, 6.45) is 4.19. The number of unbranched alkanes of at least 4 members (excludes halogenated alkanes) is 2. The molecule has 5 heteroatoms. The van der Waals surface area contributed by atoms with Crippen LogP contribution >= 0.6 is 0 Å². The van der Waals surface area contributed by atoms with Gasteiger partial charge >= 0.3 is 0 Å². The fraction of sp³-hybridized carbons (Fsp3) is 0.438. The van der Waals surface area contributed by atoms with Crippen LogP contribution < -0.4 is 0 Å². The molecule has 2 aromatic rings. The molecule has 114 valence electrons. The topological polar surface area (TPSA) is 53.2 Å². The number of H-pyrrole nitrogens is 1. The first-order valence-electron chi connectivity index (χ1n) is 7.29. The number of carbonyl (C=O) groups is 1. The lowest BCUT2D eigenvalue weighted by atomic mass is 10.1. The molecule has 0 saturated heterocycles. The second kappa shape index (κ2) is 7.00. The number of aromatic amines is 1. The number of benzene rings is 1. The molecular formula is C16H22N2O2S. The number of hydrogen-bond donors (Lipinski definition) is 1. The van der Waals surface area contributed by atoms with E-state index in [4.69, 9.17) is 0 Å². The Morgan fingerprint density at radius 1 is 1.33 bits per heavy atom. The van der Waals surface area contributed by atoms with Gasteiger partial charge in [-0.15, -0.1) is 0 Å². The van der Waals surface area contributed by atoms with Crippen LogP contribution in [0.2, 0.25) is 0 Å². The van der Waals surface area contributed by atoms with Crippen LogP contribution in [0.1, 0.15) is 42.2 Å². The Morgan fingerprint density at radius 2 is 2.10 bits per heavy atom. The van der Waals surface area contributed by atoms with Crippen LogP contribution in [-0.2, 0) is 11.0 Å². The van der Waals surface area contributed by atoms with Gasteiger partial charge in [-0.05, 0) is 37.1 Å². The molecule has 0 radical (unpaired) electrons. The normalized spacial score (nSPS) is 13.0. The molecule has 1 N–H and O–H groups in total. The number of rotatable bonds is 7. The van der Waals surface area contributed by atoms with E-state index in [0.29, 0.717) is 5.69 Å². The number of carbonyl (C=O) groups excluding carboxylic acids is 1. The smallest absolute Gasteiger partial charge is 0.166 e. The molecule has 0 spiro atoms. The highest BCUT2D eigenvalue weighted by atomic mass is 32.2. The minimum atomic E-state index is -1.16. The molecule has 1 aromatic carbocycles. The Balaban J connectivity index is 2.23. The number of nitrogens with zero attached hydrogens (tertiary/aromatic N) is 1. The van der Waals surface area contributed by atoms with Gasteiger partial charge in [-0.2, -0.15) is 0 Å². The second-order valence-electron chi connectivity index (χ2n) is 5.30. The van der Waals surface area contributed by atoms with E-state index < -0.39 is 11.0 Å². The average molecular weight is 306 g/mol. The zero-order valence-corrected chi connectivity index (χ0v) is 13.6. The molecule has 1 unspecified atom stereocenters. The van der Waals surface area contributed by atoms with Crippen molar-refractivity contribution in [2.45, 2.75) is 38.0 Å². The lowest BCUT2D eigenvalue weighted by Crippen LogP contribution is -2.22. The summed E-state index contributed by atoms with van der Waals surface area (Å²) in [7, 11) is 0.728. The third-order valence-corrected chi connectivity index (χ3v) is 5.15. The summed E-state index contributed by atoms with van der Waals surface area (Å²) in [4.78, 5) is 14.8. The van der Waals surface area contributed by atoms with Gasteiger partial charge in [0.05, 0.1) is 10.6 Å². The summed E-state index contributed by atoms with van der Waals surface area (Å²) in [5.74, 6) is 0. The summed E-state index contributed by atoms with van der Waals surface area (Å²) >= 11 is 0. The van der Waals surface area contributed by atoms with Crippen molar-refractivity contribution in [1.82, 2.24) is 9.29 Å². The molecule has 0 bridgehead atoms. The standard InChI is InChI=1S/C16H22N2O2S/c1-4-5-6-9-18(3)21(20)13-7-8-15-14(10-13)12(2)16(11-19)17-15/h7-8,10-11,17H,4-6,9H2,1-3H3. The van der Waals surface area contributed by atoms with Crippen molar-refractivity contribution < 1.29 is 9.00 Å². The second-order valence-corrected chi connectivity index (χ2v) is 6.89. The number of hydrogen-bond acceptors (Lipinski definition) is 2. The maximum Gasteiger partial charge on any atom is 0.166 e. The zero-order valence-electron chi connectivity index (χ0n) is 12.8. The van der Waals surface area contributed by atoms with Gasteiger partial charge < -0.3 is 4.98 Å². The molecule has 0 saturated carbocycles. The molecule has 1 aromatic heterocycles. The molecule has 0 aliphatic rings. The third-order valence-electron chi connectivity index (χ3n) is 3.75. The van der Waals surface area contributed by atoms with E-state index in [-0.39, 0.29) is 0 Å². The van der Waals surface area contributed by atoms with Crippen molar-refractivity contribution in [3.63, 3.8) is 0 Å². The minimum Gasteiger partial charge on any atom is -0.352 e. The van der Waals surface area contributed by atoms with Crippen LogP contribution in [0.5, 0.6) is 0 Å². The van der Waals surface area contributed by atoms with Gasteiger partial charge in [-0.3, -0.25) is 4.79 Å². The van der Waals surface area contributed by atoms with Crippen molar-refractivity contribution in [1.29, 1.82) is 0 Å². The SMILES string of the molecule is CCCCCN(C)S(=O)c1ccc2[nH]c(C=O)c(C)c2c1. The summed E-state index contributed by atoms with van der Waals surface area (Å²) in [6, 6.07) is 5.67. The summed E-state index contributed by atoms with van der Waals surface area (Å²) in [5.41, 5.74) is 2.40. The van der Waals surface area contributed by atoms with Gasteiger partial charge in [0.15, 0.2) is 6.29 Å². The van der Waals surface area contributed by atoms with E-state index >= 15 is 0 Å². The molecule has 0 amide bonds. The van der Waals surface area contributed by atoms with Crippen LogP contribution in [0.15, 0.2) is 23.1 Å². The summed E-state index contributed by atoms with van der Waals surface area (Å²) < 4.78 is 14.4. The monoisotopic (exact) mass is 306 g/mol. The predicted molar refractivity (Wildman–Crippen MR) is 87.0 cm³/mol. The summed E-state index contributed by atoms with van der Waals surface area (Å²) in [5, 5.41) is 0.963. The van der Waals surface area contributed by atoms with Crippen LogP contribution in [0.4, 0.5) is 0 Å². The molecule has 4 nitrogen and oxygen atoms in total. The van der Waals surface area contributed by atoms with Crippen molar-refractivity contribution in [3.8, 4) is 0 Å². The number of aromatic nitrogens is 1.